The van der Waals surface area contributed by atoms with Gasteiger partial charge in [0, 0.05) is 29.2 Å². The molecule has 0 aliphatic carbocycles. The highest BCUT2D eigenvalue weighted by Gasteiger charge is 2.11. The number of amides is 1. The summed E-state index contributed by atoms with van der Waals surface area (Å²) in [7, 11) is 0. The molecule has 0 unspecified atom stereocenters. The molecular formula is C32H28N4O6. The van der Waals surface area contributed by atoms with Crippen molar-refractivity contribution in [3.8, 4) is 17.2 Å². The summed E-state index contributed by atoms with van der Waals surface area (Å²) in [4.78, 5) is 22.8. The van der Waals surface area contributed by atoms with Gasteiger partial charge in [-0.15, -0.1) is 0 Å². The molecule has 0 saturated heterocycles. The van der Waals surface area contributed by atoms with Crippen LogP contribution >= 0.6 is 0 Å². The van der Waals surface area contributed by atoms with Gasteiger partial charge < -0.3 is 18.5 Å². The van der Waals surface area contributed by atoms with Gasteiger partial charge in [0.15, 0.2) is 5.76 Å². The van der Waals surface area contributed by atoms with Crippen molar-refractivity contribution in [2.75, 3.05) is 0 Å². The van der Waals surface area contributed by atoms with Gasteiger partial charge in [-0.1, -0.05) is 12.1 Å². The minimum absolute atomic E-state index is 0.0260. The largest absolute Gasteiger partial charge is 0.489 e. The molecule has 0 atom stereocenters. The number of nitrogens with zero attached hydrogens (tertiary/aromatic N) is 3. The lowest BCUT2D eigenvalue weighted by molar-refractivity contribution is -0.384. The second-order valence-corrected chi connectivity index (χ2v) is 9.48. The van der Waals surface area contributed by atoms with Crippen molar-refractivity contribution in [2.45, 2.75) is 27.1 Å². The molecule has 0 spiro atoms. The Morgan fingerprint density at radius 3 is 2.33 bits per heavy atom. The van der Waals surface area contributed by atoms with Crippen LogP contribution in [0.4, 0.5) is 5.69 Å². The first-order valence-corrected chi connectivity index (χ1v) is 13.1. The van der Waals surface area contributed by atoms with Crippen molar-refractivity contribution in [1.82, 2.24) is 9.99 Å². The Labute approximate surface area is 242 Å². The summed E-state index contributed by atoms with van der Waals surface area (Å²) < 4.78 is 19.4. The van der Waals surface area contributed by atoms with Gasteiger partial charge in [-0.2, -0.15) is 5.10 Å². The number of rotatable bonds is 11. The van der Waals surface area contributed by atoms with Gasteiger partial charge in [-0.05, 0) is 97.8 Å². The Morgan fingerprint density at radius 2 is 1.62 bits per heavy atom. The summed E-state index contributed by atoms with van der Waals surface area (Å²) in [6.07, 6.45) is 1.49. The topological polar surface area (TPSA) is 121 Å². The number of ether oxygens (including phenoxy) is 2. The predicted octanol–water partition coefficient (Wildman–Crippen LogP) is 6.52. The molecule has 0 bridgehead atoms. The van der Waals surface area contributed by atoms with E-state index < -0.39 is 10.8 Å². The minimum Gasteiger partial charge on any atom is -0.489 e. The molecule has 0 radical (unpaired) electrons. The number of aryl methyl sites for hydroxylation is 2. The second-order valence-electron chi connectivity index (χ2n) is 9.48. The molecule has 42 heavy (non-hydrogen) atoms. The fourth-order valence-corrected chi connectivity index (χ4v) is 4.28. The molecular weight excluding hydrogens is 536 g/mol. The average Bonchev–Trinajstić information content (AvgIpc) is 3.61. The fourth-order valence-electron chi connectivity index (χ4n) is 4.28. The molecule has 5 aromatic rings. The van der Waals surface area contributed by atoms with Crippen LogP contribution in [-0.2, 0) is 13.2 Å². The quantitative estimate of drug-likeness (QED) is 0.111. The zero-order valence-electron chi connectivity index (χ0n) is 23.0. The third-order valence-electron chi connectivity index (χ3n) is 6.42. The molecule has 2 aromatic heterocycles. The number of nitrogens with one attached hydrogen (secondary N) is 1. The van der Waals surface area contributed by atoms with Crippen LogP contribution in [0.25, 0.3) is 5.69 Å². The summed E-state index contributed by atoms with van der Waals surface area (Å²) >= 11 is 0. The number of aromatic nitrogens is 1. The van der Waals surface area contributed by atoms with E-state index in [0.29, 0.717) is 22.8 Å². The van der Waals surface area contributed by atoms with Gasteiger partial charge in [-0.3, -0.25) is 14.9 Å². The number of hydrogen-bond acceptors (Lipinski definition) is 7. The van der Waals surface area contributed by atoms with E-state index >= 15 is 0 Å². The average molecular weight is 565 g/mol. The number of nitro benzene ring substituents is 1. The van der Waals surface area contributed by atoms with Crippen LogP contribution in [0, 0.1) is 24.0 Å². The standard InChI is InChI=1S/C32H28N4O6/c1-22-6-7-23(2)35(22)26-12-14-28(15-13-26)41-21-30-16-17-31(42-30)32(37)34-33-19-25-4-3-5-29(18-25)40-20-24-8-10-27(11-9-24)36(38)39/h3-19H,20-21H2,1-2H3,(H,34,37)/b33-19+. The van der Waals surface area contributed by atoms with E-state index in [1.807, 2.05) is 30.3 Å². The maximum absolute atomic E-state index is 12.5. The number of hydrogen-bond donors (Lipinski definition) is 1. The monoisotopic (exact) mass is 564 g/mol. The number of non-ortho nitro benzene ring substituents is 1. The smallest absolute Gasteiger partial charge is 0.307 e. The lowest BCUT2D eigenvalue weighted by Crippen LogP contribution is -2.16. The maximum atomic E-state index is 12.5. The molecule has 0 fully saturated rings. The number of carbonyl (C=O) groups excluding carboxylic acids is 1. The molecule has 10 nitrogen and oxygen atoms in total. The molecule has 0 aliphatic rings. The Bertz CT molecular complexity index is 1700. The van der Waals surface area contributed by atoms with Crippen molar-refractivity contribution < 1.29 is 23.6 Å². The summed E-state index contributed by atoms with van der Waals surface area (Å²) in [6, 6.07) is 28.5. The molecule has 1 N–H and O–H groups in total. The Hall–Kier alpha value is -5.64. The number of nitro groups is 1. The van der Waals surface area contributed by atoms with E-state index in [9.17, 15) is 14.9 Å². The van der Waals surface area contributed by atoms with Crippen molar-refractivity contribution in [1.29, 1.82) is 0 Å². The molecule has 0 aliphatic heterocycles. The summed E-state index contributed by atoms with van der Waals surface area (Å²) in [5.41, 5.74) is 7.36. The van der Waals surface area contributed by atoms with E-state index in [4.69, 9.17) is 13.9 Å². The molecule has 3 aromatic carbocycles. The Morgan fingerprint density at radius 1 is 0.905 bits per heavy atom. The van der Waals surface area contributed by atoms with Crippen LogP contribution in [0.1, 0.15) is 38.8 Å². The van der Waals surface area contributed by atoms with E-state index in [1.165, 1.54) is 18.3 Å². The lowest BCUT2D eigenvalue weighted by Gasteiger charge is -2.10. The molecule has 10 heteroatoms. The summed E-state index contributed by atoms with van der Waals surface area (Å²) in [6.45, 7) is 4.55. The predicted molar refractivity (Wildman–Crippen MR) is 157 cm³/mol. The van der Waals surface area contributed by atoms with Gasteiger partial charge in [0.2, 0.25) is 0 Å². The molecule has 2 heterocycles. The van der Waals surface area contributed by atoms with Crippen molar-refractivity contribution in [3.63, 3.8) is 0 Å². The molecule has 0 saturated carbocycles. The SMILES string of the molecule is Cc1ccc(C)n1-c1ccc(OCc2ccc(C(=O)N/N=C/c3cccc(OCc4ccc([N+](=O)[O-])cc4)c3)o2)cc1. The number of carbonyl (C=O) groups is 1. The van der Waals surface area contributed by atoms with E-state index in [0.717, 1.165) is 22.6 Å². The van der Waals surface area contributed by atoms with Crippen LogP contribution < -0.4 is 14.9 Å². The van der Waals surface area contributed by atoms with Crippen LogP contribution in [-0.4, -0.2) is 21.6 Å². The van der Waals surface area contributed by atoms with Crippen LogP contribution in [0.15, 0.2) is 107 Å². The third kappa shape index (κ3) is 6.92. The van der Waals surface area contributed by atoms with Crippen LogP contribution in [0.3, 0.4) is 0 Å². The molecule has 212 valence electrons. The number of benzene rings is 3. The second kappa shape index (κ2) is 12.7. The van der Waals surface area contributed by atoms with E-state index in [-0.39, 0.29) is 24.7 Å². The molecule has 1 amide bonds. The summed E-state index contributed by atoms with van der Waals surface area (Å²) in [5.74, 6) is 1.39. The van der Waals surface area contributed by atoms with Crippen LogP contribution in [0.5, 0.6) is 11.5 Å². The number of furan rings is 1. The normalized spacial score (nSPS) is 11.0. The van der Waals surface area contributed by atoms with E-state index in [2.05, 4.69) is 41.1 Å². The zero-order chi connectivity index (χ0) is 29.5. The molecule has 5 rings (SSSR count). The van der Waals surface area contributed by atoms with Crippen LogP contribution in [0.2, 0.25) is 0 Å². The lowest BCUT2D eigenvalue weighted by atomic mass is 10.2. The first kappa shape index (κ1) is 27.9. The van der Waals surface area contributed by atoms with Crippen molar-refractivity contribution >= 4 is 17.8 Å². The van der Waals surface area contributed by atoms with Crippen molar-refractivity contribution in [2.24, 2.45) is 5.10 Å². The van der Waals surface area contributed by atoms with Gasteiger partial charge in [0.05, 0.1) is 11.1 Å². The minimum atomic E-state index is -0.495. The van der Waals surface area contributed by atoms with Crippen molar-refractivity contribution in [3.05, 3.63) is 141 Å². The van der Waals surface area contributed by atoms with Gasteiger partial charge >= 0.3 is 5.91 Å². The van der Waals surface area contributed by atoms with E-state index in [1.54, 1.807) is 42.5 Å². The maximum Gasteiger partial charge on any atom is 0.307 e. The first-order valence-electron chi connectivity index (χ1n) is 13.1. The first-order chi connectivity index (χ1) is 20.4. The highest BCUT2D eigenvalue weighted by Crippen LogP contribution is 2.21. The Kier molecular flexibility index (Phi) is 8.43. The third-order valence-corrected chi connectivity index (χ3v) is 6.42. The fraction of sp³-hybridized carbons (Fsp3) is 0.125. The van der Waals surface area contributed by atoms with Gasteiger partial charge in [0.25, 0.3) is 5.69 Å². The Balaban J connectivity index is 1.10. The van der Waals surface area contributed by atoms with Gasteiger partial charge in [0.1, 0.15) is 30.5 Å². The zero-order valence-corrected chi connectivity index (χ0v) is 23.0. The number of hydrazone groups is 1. The highest BCUT2D eigenvalue weighted by atomic mass is 16.6. The highest BCUT2D eigenvalue weighted by molar-refractivity contribution is 5.92. The summed E-state index contributed by atoms with van der Waals surface area (Å²) in [5, 5.41) is 14.8. The van der Waals surface area contributed by atoms with Gasteiger partial charge in [-0.25, -0.2) is 5.43 Å².